The number of nitrogens with one attached hydrogen (secondary N) is 1. The highest BCUT2D eigenvalue weighted by Gasteiger charge is 2.38. The van der Waals surface area contributed by atoms with Gasteiger partial charge < -0.3 is 5.32 Å². The first kappa shape index (κ1) is 28.6. The van der Waals surface area contributed by atoms with E-state index in [1.165, 1.54) is 37.0 Å². The fourth-order valence-corrected chi connectivity index (χ4v) is 4.37. The number of Topliss-reactive ketones (excluding diaryl/α,β-unsaturated/α-hetero) is 1. The molecule has 0 radical (unpaired) electrons. The van der Waals surface area contributed by atoms with Crippen LogP contribution in [0.4, 0.5) is 4.39 Å². The van der Waals surface area contributed by atoms with Crippen LogP contribution in [0, 0.1) is 6.92 Å². The lowest BCUT2D eigenvalue weighted by Crippen LogP contribution is -2.60. The van der Waals surface area contributed by atoms with Gasteiger partial charge in [0.1, 0.15) is 11.6 Å². The molecule has 0 amide bonds. The molecule has 1 unspecified atom stereocenters. The average Bonchev–Trinajstić information content (AvgIpc) is 3.05. The number of halogens is 1. The van der Waals surface area contributed by atoms with Crippen molar-refractivity contribution in [2.45, 2.75) is 98.1 Å². The maximum Gasteiger partial charge on any atom is 0.159 e. The number of hydrogen-bond donors (Lipinski definition) is 2. The summed E-state index contributed by atoms with van der Waals surface area (Å²) < 4.78 is 13.7. The van der Waals surface area contributed by atoms with Crippen molar-refractivity contribution in [3.63, 3.8) is 0 Å². The summed E-state index contributed by atoms with van der Waals surface area (Å²) in [6.07, 6.45) is 10.4. The summed E-state index contributed by atoms with van der Waals surface area (Å²) in [5, 5.41) is 4.93. The van der Waals surface area contributed by atoms with Crippen molar-refractivity contribution in [1.82, 2.24) is 10.3 Å². The van der Waals surface area contributed by atoms with Crippen LogP contribution in [-0.4, -0.2) is 22.4 Å². The van der Waals surface area contributed by atoms with Gasteiger partial charge in [-0.3, -0.25) is 9.80 Å². The van der Waals surface area contributed by atoms with E-state index >= 15 is 0 Å². The zero-order valence-electron chi connectivity index (χ0n) is 22.8. The minimum absolute atomic E-state index is 0.0322. The summed E-state index contributed by atoms with van der Waals surface area (Å²) >= 11 is 0. The van der Waals surface area contributed by atoms with Crippen LogP contribution < -0.4 is 11.2 Å². The van der Waals surface area contributed by atoms with Crippen LogP contribution in [-0.2, 0) is 10.2 Å². The van der Waals surface area contributed by atoms with Crippen LogP contribution in [0.1, 0.15) is 85.3 Å². The van der Waals surface area contributed by atoms with Gasteiger partial charge >= 0.3 is 0 Å². The number of hydrazine groups is 1. The van der Waals surface area contributed by atoms with Crippen molar-refractivity contribution >= 4 is 5.78 Å². The number of carbonyl (C=O) groups excluding carboxylic acids is 1. The Hall–Kier alpha value is -2.66. The number of nitrogens with two attached hydrogens (primary N) is 1. The number of carbonyl (C=O) groups is 1. The molecule has 0 bridgehead atoms. The molecular weight excluding hydrogens is 437 g/mol. The smallest absolute Gasteiger partial charge is 0.159 e. The van der Waals surface area contributed by atoms with E-state index in [-0.39, 0.29) is 29.6 Å². The van der Waals surface area contributed by atoms with Gasteiger partial charge in [0.2, 0.25) is 0 Å². The van der Waals surface area contributed by atoms with Gasteiger partial charge in [0.05, 0.1) is 11.6 Å². The molecule has 35 heavy (non-hydrogen) atoms. The third-order valence-electron chi connectivity index (χ3n) is 7.62. The molecule has 1 aliphatic heterocycles. The molecule has 1 heterocycles. The normalized spacial score (nSPS) is 21.1. The van der Waals surface area contributed by atoms with Crippen LogP contribution in [0.3, 0.4) is 0 Å². The van der Waals surface area contributed by atoms with Gasteiger partial charge in [-0.1, -0.05) is 68.8 Å². The lowest BCUT2D eigenvalue weighted by atomic mass is 9.78. The Morgan fingerprint density at radius 1 is 1.14 bits per heavy atom. The number of rotatable bonds is 5. The van der Waals surface area contributed by atoms with Crippen molar-refractivity contribution in [3.05, 3.63) is 82.5 Å². The van der Waals surface area contributed by atoms with Crippen LogP contribution in [0.25, 0.3) is 0 Å². The van der Waals surface area contributed by atoms with E-state index in [9.17, 15) is 9.18 Å². The van der Waals surface area contributed by atoms with Gasteiger partial charge in [-0.05, 0) is 76.5 Å². The Morgan fingerprint density at radius 2 is 1.71 bits per heavy atom. The lowest BCUT2D eigenvalue weighted by Gasteiger charge is -2.47. The Kier molecular flexibility index (Phi) is 9.68. The molecule has 1 aromatic carbocycles. The maximum absolute atomic E-state index is 13.7. The standard InChI is InChI=1S/C17H24FN3O.C13H20/c1-11(12(2)22)16-20-15(10-17(3,4)21(16)19)13-7-5-6-8-14(18)9-13;1-5-13(4,6-2)12-9-7-11(3)8-10-12/h5-8,15,20H,9-10,19H2,1-4H3;7-10H,5-6H2,1-4H3/b16-11+;. The van der Waals surface area contributed by atoms with Crippen molar-refractivity contribution in [2.24, 2.45) is 5.84 Å². The molecule has 2 aliphatic rings. The number of ketones is 1. The summed E-state index contributed by atoms with van der Waals surface area (Å²) in [5.74, 6) is 6.61. The SMILES string of the molecule is CC(=O)/C(C)=C1\NC(C2=CC=CC=C(F)C2)CC(C)(C)N1N.CCC(C)(CC)c1ccc(C)cc1. The Bertz CT molecular complexity index is 1010. The summed E-state index contributed by atoms with van der Waals surface area (Å²) in [5.41, 5.74) is 4.40. The highest BCUT2D eigenvalue weighted by atomic mass is 19.1. The number of nitrogens with zero attached hydrogens (tertiary/aromatic N) is 1. The van der Waals surface area contributed by atoms with Gasteiger partial charge in [0, 0.05) is 12.0 Å². The van der Waals surface area contributed by atoms with Crippen molar-refractivity contribution in [3.8, 4) is 0 Å². The third kappa shape index (κ3) is 7.17. The molecule has 1 aromatic rings. The van der Waals surface area contributed by atoms with Crippen LogP contribution in [0.5, 0.6) is 0 Å². The molecule has 1 saturated heterocycles. The fourth-order valence-electron chi connectivity index (χ4n) is 4.37. The van der Waals surface area contributed by atoms with Crippen molar-refractivity contribution in [1.29, 1.82) is 0 Å². The molecular formula is C30H44FN3O. The Morgan fingerprint density at radius 3 is 2.26 bits per heavy atom. The van der Waals surface area contributed by atoms with Crippen LogP contribution in [0.15, 0.2) is 71.4 Å². The lowest BCUT2D eigenvalue weighted by molar-refractivity contribution is -0.113. The second kappa shape index (κ2) is 11.9. The predicted molar refractivity (Wildman–Crippen MR) is 145 cm³/mol. The van der Waals surface area contributed by atoms with E-state index in [4.69, 9.17) is 5.84 Å². The number of allylic oxidation sites excluding steroid dienone is 6. The summed E-state index contributed by atoms with van der Waals surface area (Å²) in [4.78, 5) is 11.7. The highest BCUT2D eigenvalue weighted by Crippen LogP contribution is 2.33. The van der Waals surface area contributed by atoms with E-state index in [2.05, 4.69) is 57.3 Å². The molecule has 4 nitrogen and oxygen atoms in total. The molecule has 0 spiro atoms. The van der Waals surface area contributed by atoms with Crippen LogP contribution in [0.2, 0.25) is 0 Å². The molecule has 192 valence electrons. The van der Waals surface area contributed by atoms with E-state index in [1.807, 2.05) is 26.0 Å². The van der Waals surface area contributed by atoms with E-state index in [0.29, 0.717) is 16.8 Å². The largest absolute Gasteiger partial charge is 0.364 e. The maximum atomic E-state index is 13.7. The second-order valence-corrected chi connectivity index (χ2v) is 10.7. The summed E-state index contributed by atoms with van der Waals surface area (Å²) in [6, 6.07) is 8.89. The molecule has 5 heteroatoms. The first-order valence-electron chi connectivity index (χ1n) is 12.7. The predicted octanol–water partition coefficient (Wildman–Crippen LogP) is 6.94. The molecule has 3 rings (SSSR count). The zero-order chi connectivity index (χ0) is 26.4. The Balaban J connectivity index is 0.000000283. The van der Waals surface area contributed by atoms with E-state index in [1.54, 1.807) is 18.0 Å². The Labute approximate surface area is 211 Å². The van der Waals surface area contributed by atoms with Crippen molar-refractivity contribution < 1.29 is 9.18 Å². The zero-order valence-corrected chi connectivity index (χ0v) is 22.8. The first-order valence-corrected chi connectivity index (χ1v) is 12.7. The molecule has 1 fully saturated rings. The number of benzene rings is 1. The minimum atomic E-state index is -0.334. The monoisotopic (exact) mass is 481 g/mol. The van der Waals surface area contributed by atoms with Gasteiger partial charge in [-0.25, -0.2) is 10.2 Å². The van der Waals surface area contributed by atoms with Gasteiger partial charge in [0.15, 0.2) is 5.78 Å². The molecule has 0 saturated carbocycles. The van der Waals surface area contributed by atoms with Gasteiger partial charge in [0.25, 0.3) is 0 Å². The average molecular weight is 482 g/mol. The summed E-state index contributed by atoms with van der Waals surface area (Å²) in [7, 11) is 0. The van der Waals surface area contributed by atoms with Crippen molar-refractivity contribution in [2.75, 3.05) is 0 Å². The quantitative estimate of drug-likeness (QED) is 0.353. The van der Waals surface area contributed by atoms with Gasteiger partial charge in [-0.2, -0.15) is 0 Å². The number of aryl methyl sites for hydroxylation is 1. The molecule has 1 atom stereocenters. The van der Waals surface area contributed by atoms with Crippen LogP contribution >= 0.6 is 0 Å². The first-order chi connectivity index (χ1) is 16.3. The third-order valence-corrected chi connectivity index (χ3v) is 7.62. The van der Waals surface area contributed by atoms with E-state index < -0.39 is 0 Å². The second-order valence-electron chi connectivity index (χ2n) is 10.7. The minimum Gasteiger partial charge on any atom is -0.364 e. The molecule has 1 aliphatic carbocycles. The van der Waals surface area contributed by atoms with E-state index in [0.717, 1.165) is 12.0 Å². The number of hydrogen-bond acceptors (Lipinski definition) is 4. The van der Waals surface area contributed by atoms with Gasteiger partial charge in [-0.15, -0.1) is 0 Å². The summed E-state index contributed by atoms with van der Waals surface area (Å²) in [6.45, 7) is 16.3. The topological polar surface area (TPSA) is 58.4 Å². The fraction of sp³-hybridized carbons (Fsp3) is 0.500. The molecule has 3 N–H and O–H groups in total. The molecule has 0 aromatic heterocycles. The highest BCUT2D eigenvalue weighted by molar-refractivity contribution is 5.93.